The second-order valence-corrected chi connectivity index (χ2v) is 13.9. The molecule has 11 nitrogen and oxygen atoms in total. The predicted octanol–water partition coefficient (Wildman–Crippen LogP) is 2.49. The van der Waals surface area contributed by atoms with Crippen LogP contribution in [0, 0.1) is 17.3 Å². The fourth-order valence-corrected chi connectivity index (χ4v) is 6.78. The highest BCUT2D eigenvalue weighted by atomic mass is 16.3. The first-order chi connectivity index (χ1) is 19.8. The summed E-state index contributed by atoms with van der Waals surface area (Å²) in [5.41, 5.74) is 3.99. The maximum Gasteiger partial charge on any atom is 0.255 e. The molecule has 0 aromatic heterocycles. The van der Waals surface area contributed by atoms with Crippen molar-refractivity contribution in [2.45, 2.75) is 84.7 Å². The van der Waals surface area contributed by atoms with Crippen LogP contribution >= 0.6 is 0 Å². The molecule has 1 amide bonds. The van der Waals surface area contributed by atoms with Gasteiger partial charge in [-0.3, -0.25) is 19.3 Å². The van der Waals surface area contributed by atoms with E-state index in [1.165, 1.54) is 0 Å². The molecule has 11 heteroatoms. The van der Waals surface area contributed by atoms with Crippen molar-refractivity contribution in [3.63, 3.8) is 0 Å². The number of aliphatic hydroxyl groups is 3. The molecule has 0 fully saturated rings. The van der Waals surface area contributed by atoms with Gasteiger partial charge in [0.05, 0.1) is 11.6 Å². The quantitative estimate of drug-likeness (QED) is 0.256. The highest BCUT2D eigenvalue weighted by molar-refractivity contribution is 6.24. The second-order valence-electron chi connectivity index (χ2n) is 13.9. The van der Waals surface area contributed by atoms with Crippen LogP contribution < -0.4 is 16.0 Å². The minimum atomic E-state index is -2.66. The number of carbonyl (C=O) groups excluding carboxylic acids is 3. The summed E-state index contributed by atoms with van der Waals surface area (Å²) in [5.74, 6) is -6.61. The van der Waals surface area contributed by atoms with E-state index in [0.717, 1.165) is 11.3 Å². The second kappa shape index (κ2) is 10.9. The Morgan fingerprint density at radius 2 is 1.74 bits per heavy atom. The van der Waals surface area contributed by atoms with Gasteiger partial charge in [-0.1, -0.05) is 20.8 Å². The van der Waals surface area contributed by atoms with Crippen molar-refractivity contribution in [2.24, 2.45) is 23.0 Å². The maximum atomic E-state index is 14.2. The van der Waals surface area contributed by atoms with Gasteiger partial charge in [-0.25, -0.2) is 0 Å². The number of likely N-dealkylation sites (N-methyl/N-ethyl adjacent to an activating group) is 1. The number of amides is 1. The molecule has 5 atom stereocenters. The number of phenolic OH excluding ortho intramolecular Hbond substituents is 1. The highest BCUT2D eigenvalue weighted by Crippen LogP contribution is 2.53. The van der Waals surface area contributed by atoms with E-state index in [4.69, 9.17) is 5.73 Å². The SMILES string of the molecule is CC(C)N(C)c1c(CN[C@H](C)C(C)(C)C)cc(O)c2c1C[C@H]1C[C@H]3[C@H](N(C)C)C(O)=C(C(N)=O)C(=O)[C@@]3(O)C(O)=C1C2=O. The molecule has 0 aliphatic heterocycles. The third-order valence-corrected chi connectivity index (χ3v) is 9.80. The normalized spacial score (nSPS) is 26.5. The van der Waals surface area contributed by atoms with Gasteiger partial charge in [0, 0.05) is 42.9 Å². The monoisotopic (exact) mass is 598 g/mol. The lowest BCUT2D eigenvalue weighted by molar-refractivity contribution is -0.148. The van der Waals surface area contributed by atoms with Gasteiger partial charge >= 0.3 is 0 Å². The Kier molecular flexibility index (Phi) is 8.27. The molecule has 0 spiro atoms. The smallest absolute Gasteiger partial charge is 0.255 e. The summed E-state index contributed by atoms with van der Waals surface area (Å²) in [6, 6.07) is 0.717. The van der Waals surface area contributed by atoms with Crippen molar-refractivity contribution in [1.29, 1.82) is 0 Å². The standard InChI is InChI=1S/C32H46N4O7/c1-14(2)36(9)24-17(13-34-15(3)31(4,5)6)12-20(37)22-18(24)10-16-11-19-25(35(7)8)27(39)23(30(33)42)29(41)32(19,43)28(40)21(16)26(22)38/h12,14-16,19,25,34,37,39-40,43H,10-11,13H2,1-9H3,(H2,33,42)/t15-,16+,19+,25+,32+/m1/s1. The third-order valence-electron chi connectivity index (χ3n) is 9.80. The van der Waals surface area contributed by atoms with Crippen LogP contribution in [0.15, 0.2) is 28.7 Å². The Morgan fingerprint density at radius 3 is 2.26 bits per heavy atom. The third kappa shape index (κ3) is 5.01. The summed E-state index contributed by atoms with van der Waals surface area (Å²) in [6.07, 6.45) is 0.276. The van der Waals surface area contributed by atoms with Crippen LogP contribution in [-0.2, 0) is 22.6 Å². The molecule has 3 aliphatic carbocycles. The molecular weight excluding hydrogens is 552 g/mol. The number of fused-ring (bicyclic) bond motifs is 3. The molecule has 3 aliphatic rings. The fraction of sp³-hybridized carbons (Fsp3) is 0.594. The van der Waals surface area contributed by atoms with Gasteiger partial charge in [0.2, 0.25) is 5.78 Å². The lowest BCUT2D eigenvalue weighted by Crippen LogP contribution is -2.63. The van der Waals surface area contributed by atoms with Gasteiger partial charge in [0.15, 0.2) is 11.4 Å². The Balaban J connectivity index is 1.92. The van der Waals surface area contributed by atoms with Crippen LogP contribution in [0.5, 0.6) is 5.75 Å². The number of rotatable bonds is 7. The first-order valence-corrected chi connectivity index (χ1v) is 14.7. The van der Waals surface area contributed by atoms with Crippen LogP contribution in [0.25, 0.3) is 0 Å². The number of benzene rings is 1. The van der Waals surface area contributed by atoms with E-state index in [1.54, 1.807) is 25.1 Å². The molecule has 1 aromatic carbocycles. The molecule has 0 radical (unpaired) electrons. The van der Waals surface area contributed by atoms with Crippen LogP contribution in [0.4, 0.5) is 5.69 Å². The van der Waals surface area contributed by atoms with Crippen molar-refractivity contribution in [3.05, 3.63) is 45.4 Å². The number of hydrogen-bond acceptors (Lipinski definition) is 10. The summed E-state index contributed by atoms with van der Waals surface area (Å²) in [6.45, 7) is 13.0. The summed E-state index contributed by atoms with van der Waals surface area (Å²) < 4.78 is 0. The van der Waals surface area contributed by atoms with Crippen LogP contribution in [0.1, 0.15) is 69.4 Å². The van der Waals surface area contributed by atoms with Crippen molar-refractivity contribution >= 4 is 23.2 Å². The molecule has 0 saturated carbocycles. The number of primary amides is 1. The molecule has 7 N–H and O–H groups in total. The summed E-state index contributed by atoms with van der Waals surface area (Å²) >= 11 is 0. The summed E-state index contributed by atoms with van der Waals surface area (Å²) in [4.78, 5) is 43.5. The topological polar surface area (TPSA) is 177 Å². The van der Waals surface area contributed by atoms with Crippen LogP contribution in [-0.4, -0.2) is 87.7 Å². The Morgan fingerprint density at radius 1 is 1.14 bits per heavy atom. The van der Waals surface area contributed by atoms with Gasteiger partial charge in [-0.15, -0.1) is 0 Å². The minimum absolute atomic E-state index is 0.0101. The molecule has 1 aromatic rings. The zero-order valence-corrected chi connectivity index (χ0v) is 26.6. The fourth-order valence-electron chi connectivity index (χ4n) is 6.78. The maximum absolute atomic E-state index is 14.2. The molecule has 0 unspecified atom stereocenters. The van der Waals surface area contributed by atoms with E-state index in [2.05, 4.69) is 37.9 Å². The van der Waals surface area contributed by atoms with Crippen molar-refractivity contribution in [2.75, 3.05) is 26.0 Å². The molecule has 4 rings (SSSR count). The lowest BCUT2D eigenvalue weighted by atomic mass is 9.58. The van der Waals surface area contributed by atoms with Crippen LogP contribution in [0.2, 0.25) is 0 Å². The number of nitrogens with zero attached hydrogens (tertiary/aromatic N) is 2. The minimum Gasteiger partial charge on any atom is -0.510 e. The largest absolute Gasteiger partial charge is 0.510 e. The van der Waals surface area contributed by atoms with Crippen molar-refractivity contribution < 1.29 is 34.8 Å². The number of nitrogens with two attached hydrogens (primary N) is 1. The van der Waals surface area contributed by atoms with Crippen LogP contribution in [0.3, 0.4) is 0 Å². The van der Waals surface area contributed by atoms with Gasteiger partial charge in [0.1, 0.15) is 22.8 Å². The lowest BCUT2D eigenvalue weighted by Gasteiger charge is -2.50. The molecule has 236 valence electrons. The van der Waals surface area contributed by atoms with E-state index < -0.39 is 58.0 Å². The average molecular weight is 599 g/mol. The summed E-state index contributed by atoms with van der Waals surface area (Å²) in [5, 5.41) is 49.2. The predicted molar refractivity (Wildman–Crippen MR) is 163 cm³/mol. The molecule has 0 heterocycles. The highest BCUT2D eigenvalue weighted by Gasteiger charge is 2.63. The number of anilines is 1. The Hall–Kier alpha value is -3.41. The van der Waals surface area contributed by atoms with Crippen molar-refractivity contribution in [1.82, 2.24) is 10.2 Å². The number of Topliss-reactive ketones (excluding diaryl/α,β-unsaturated/α-hetero) is 2. The number of aliphatic hydroxyl groups excluding tert-OH is 2. The summed E-state index contributed by atoms with van der Waals surface area (Å²) in [7, 11) is 5.15. The number of nitrogens with one attached hydrogen (secondary N) is 1. The molecule has 43 heavy (non-hydrogen) atoms. The number of aromatic hydroxyl groups is 1. The van der Waals surface area contributed by atoms with E-state index >= 15 is 0 Å². The number of carbonyl (C=O) groups is 3. The zero-order chi connectivity index (χ0) is 32.5. The average Bonchev–Trinajstić information content (AvgIpc) is 2.87. The zero-order valence-electron chi connectivity index (χ0n) is 26.6. The number of phenols is 1. The molecule has 0 saturated heterocycles. The Bertz CT molecular complexity index is 1440. The van der Waals surface area contributed by atoms with E-state index in [-0.39, 0.29) is 47.2 Å². The van der Waals surface area contributed by atoms with Gasteiger partial charge in [0.25, 0.3) is 5.91 Å². The number of allylic oxidation sites excluding steroid dienone is 1. The first kappa shape index (κ1) is 32.5. The van der Waals surface area contributed by atoms with Gasteiger partial charge in [-0.05, 0) is 76.2 Å². The first-order valence-electron chi connectivity index (χ1n) is 14.7. The van der Waals surface area contributed by atoms with E-state index in [9.17, 15) is 34.8 Å². The van der Waals surface area contributed by atoms with Gasteiger partial charge < -0.3 is 36.4 Å². The number of hydrogen-bond donors (Lipinski definition) is 6. The van der Waals surface area contributed by atoms with Gasteiger partial charge in [-0.2, -0.15) is 0 Å². The number of ketones is 2. The van der Waals surface area contributed by atoms with Crippen molar-refractivity contribution in [3.8, 4) is 5.75 Å². The molecular formula is C32H46N4O7. The molecule has 0 bridgehead atoms. The van der Waals surface area contributed by atoms with E-state index in [1.807, 2.05) is 20.9 Å². The van der Waals surface area contributed by atoms with E-state index in [0.29, 0.717) is 12.1 Å². The Labute approximate surface area is 253 Å².